The van der Waals surface area contributed by atoms with Gasteiger partial charge in [-0.05, 0) is 39.7 Å². The molecule has 1 fully saturated rings. The van der Waals surface area contributed by atoms with Crippen molar-refractivity contribution in [2.45, 2.75) is 52.5 Å². The molecule has 0 saturated carbocycles. The van der Waals surface area contributed by atoms with E-state index in [9.17, 15) is 4.79 Å². The number of carbonyl (C=O) groups is 1. The summed E-state index contributed by atoms with van der Waals surface area (Å²) in [6, 6.07) is 2.05. The minimum atomic E-state index is 0.232. The number of hydrogen-bond donors (Lipinski definition) is 0. The highest BCUT2D eigenvalue weighted by Crippen LogP contribution is 2.29. The summed E-state index contributed by atoms with van der Waals surface area (Å²) >= 11 is 1.72. The Bertz CT molecular complexity index is 691. The number of likely N-dealkylation sites (tertiary alicyclic amines) is 1. The van der Waals surface area contributed by atoms with Gasteiger partial charge in [0.05, 0.1) is 10.7 Å². The van der Waals surface area contributed by atoms with E-state index in [0.29, 0.717) is 18.9 Å². The average molecular weight is 332 g/mol. The third-order valence-corrected chi connectivity index (χ3v) is 5.53. The molecule has 3 rings (SSSR count). The number of carbonyl (C=O) groups excluding carboxylic acids is 1. The second kappa shape index (κ2) is 6.83. The van der Waals surface area contributed by atoms with Crippen molar-refractivity contribution < 1.29 is 4.79 Å². The van der Waals surface area contributed by atoms with Crippen LogP contribution in [0.5, 0.6) is 0 Å². The predicted molar refractivity (Wildman–Crippen MR) is 91.7 cm³/mol. The molecule has 0 aliphatic carbocycles. The molecule has 1 amide bonds. The molecule has 5 nitrogen and oxygen atoms in total. The highest BCUT2D eigenvalue weighted by Gasteiger charge is 2.26. The molecule has 0 N–H and O–H groups in total. The molecule has 0 bridgehead atoms. The van der Waals surface area contributed by atoms with Crippen molar-refractivity contribution in [3.05, 3.63) is 33.5 Å². The van der Waals surface area contributed by atoms with Gasteiger partial charge in [-0.1, -0.05) is 0 Å². The quantitative estimate of drug-likeness (QED) is 0.864. The number of aryl methyl sites for hydroxylation is 4. The van der Waals surface area contributed by atoms with Crippen LogP contribution in [0.1, 0.15) is 47.3 Å². The van der Waals surface area contributed by atoms with Crippen LogP contribution in [0.25, 0.3) is 0 Å². The standard InChI is InChI=1S/C17H24N4OS/c1-12-9-14(3)21(19-12)8-6-16(22)20-7-4-5-15(10-20)17-18-13(2)11-23-17/h9,11,15H,4-8,10H2,1-3H3/t15-/m0/s1. The zero-order chi connectivity index (χ0) is 16.4. The van der Waals surface area contributed by atoms with Crippen molar-refractivity contribution >= 4 is 17.2 Å². The fraction of sp³-hybridized carbons (Fsp3) is 0.588. The fourth-order valence-electron chi connectivity index (χ4n) is 3.23. The minimum absolute atomic E-state index is 0.232. The van der Waals surface area contributed by atoms with Crippen molar-refractivity contribution in [3.63, 3.8) is 0 Å². The van der Waals surface area contributed by atoms with Gasteiger partial charge >= 0.3 is 0 Å². The Labute approximate surface area is 141 Å². The molecule has 0 aromatic carbocycles. The maximum absolute atomic E-state index is 12.5. The lowest BCUT2D eigenvalue weighted by atomic mass is 9.98. The Morgan fingerprint density at radius 1 is 1.35 bits per heavy atom. The summed E-state index contributed by atoms with van der Waals surface area (Å²) in [7, 11) is 0. The first-order valence-electron chi connectivity index (χ1n) is 8.24. The SMILES string of the molecule is Cc1csc([C@H]2CCCN(C(=O)CCn3nc(C)cc3C)C2)n1. The van der Waals surface area contributed by atoms with Crippen molar-refractivity contribution in [1.29, 1.82) is 0 Å². The van der Waals surface area contributed by atoms with E-state index in [1.807, 2.05) is 36.4 Å². The Morgan fingerprint density at radius 3 is 2.83 bits per heavy atom. The van der Waals surface area contributed by atoms with Crippen LogP contribution in [-0.2, 0) is 11.3 Å². The van der Waals surface area contributed by atoms with Gasteiger partial charge < -0.3 is 4.90 Å². The van der Waals surface area contributed by atoms with E-state index in [0.717, 1.165) is 43.0 Å². The van der Waals surface area contributed by atoms with Crippen LogP contribution in [-0.4, -0.2) is 38.7 Å². The molecule has 124 valence electrons. The summed E-state index contributed by atoms with van der Waals surface area (Å²) < 4.78 is 1.93. The van der Waals surface area contributed by atoms with E-state index in [-0.39, 0.29) is 5.91 Å². The number of aromatic nitrogens is 3. The van der Waals surface area contributed by atoms with E-state index in [2.05, 4.69) is 15.5 Å². The molecule has 2 aromatic rings. The van der Waals surface area contributed by atoms with E-state index in [1.165, 1.54) is 5.01 Å². The molecule has 1 atom stereocenters. The largest absolute Gasteiger partial charge is 0.342 e. The first kappa shape index (κ1) is 16.2. The zero-order valence-electron chi connectivity index (χ0n) is 14.1. The molecule has 2 aromatic heterocycles. The second-order valence-electron chi connectivity index (χ2n) is 6.41. The van der Waals surface area contributed by atoms with E-state index >= 15 is 0 Å². The topological polar surface area (TPSA) is 51.0 Å². The third kappa shape index (κ3) is 3.80. The average Bonchev–Trinajstić information content (AvgIpc) is 3.10. The fourth-order valence-corrected chi connectivity index (χ4v) is 4.15. The molecule has 0 radical (unpaired) electrons. The summed E-state index contributed by atoms with van der Waals surface area (Å²) in [5.74, 6) is 0.635. The van der Waals surface area contributed by atoms with Crippen LogP contribution in [0.2, 0.25) is 0 Å². The van der Waals surface area contributed by atoms with Gasteiger partial charge in [0, 0.05) is 48.7 Å². The number of hydrogen-bond acceptors (Lipinski definition) is 4. The Kier molecular flexibility index (Phi) is 4.80. The van der Waals surface area contributed by atoms with Crippen molar-refractivity contribution in [1.82, 2.24) is 19.7 Å². The Morgan fingerprint density at radius 2 is 2.17 bits per heavy atom. The number of amides is 1. The summed E-state index contributed by atoms with van der Waals surface area (Å²) in [6.45, 7) is 8.39. The summed E-state index contributed by atoms with van der Waals surface area (Å²) in [4.78, 5) is 19.2. The smallest absolute Gasteiger partial charge is 0.224 e. The number of nitrogens with zero attached hydrogens (tertiary/aromatic N) is 4. The molecule has 1 saturated heterocycles. The van der Waals surface area contributed by atoms with Crippen molar-refractivity contribution in [2.75, 3.05) is 13.1 Å². The number of piperidine rings is 1. The summed E-state index contributed by atoms with van der Waals surface area (Å²) in [5, 5.41) is 7.71. The first-order chi connectivity index (χ1) is 11.0. The Hall–Kier alpha value is -1.69. The third-order valence-electron chi connectivity index (χ3n) is 4.40. The Balaban J connectivity index is 1.57. The maximum Gasteiger partial charge on any atom is 0.224 e. The van der Waals surface area contributed by atoms with E-state index in [4.69, 9.17) is 0 Å². The highest BCUT2D eigenvalue weighted by molar-refractivity contribution is 7.09. The van der Waals surface area contributed by atoms with Gasteiger partial charge in [-0.15, -0.1) is 11.3 Å². The predicted octanol–water partition coefficient (Wildman–Crippen LogP) is 3.06. The lowest BCUT2D eigenvalue weighted by Crippen LogP contribution is -2.39. The zero-order valence-corrected chi connectivity index (χ0v) is 14.9. The van der Waals surface area contributed by atoms with Gasteiger partial charge in [0.25, 0.3) is 0 Å². The molecule has 0 spiro atoms. The van der Waals surface area contributed by atoms with Gasteiger partial charge in [0.1, 0.15) is 0 Å². The molecule has 1 aliphatic heterocycles. The van der Waals surface area contributed by atoms with Gasteiger partial charge in [-0.25, -0.2) is 4.98 Å². The van der Waals surface area contributed by atoms with Crippen LogP contribution in [0, 0.1) is 20.8 Å². The summed E-state index contributed by atoms with van der Waals surface area (Å²) in [6.07, 6.45) is 2.72. The lowest BCUT2D eigenvalue weighted by Gasteiger charge is -2.32. The molecular formula is C17H24N4OS. The molecule has 6 heteroatoms. The lowest BCUT2D eigenvalue weighted by molar-refractivity contribution is -0.132. The number of rotatable bonds is 4. The van der Waals surface area contributed by atoms with E-state index < -0.39 is 0 Å². The number of thiazole rings is 1. The van der Waals surface area contributed by atoms with Crippen molar-refractivity contribution in [3.8, 4) is 0 Å². The highest BCUT2D eigenvalue weighted by atomic mass is 32.1. The second-order valence-corrected chi connectivity index (χ2v) is 7.30. The monoisotopic (exact) mass is 332 g/mol. The van der Waals surface area contributed by atoms with Crippen molar-refractivity contribution in [2.24, 2.45) is 0 Å². The van der Waals surface area contributed by atoms with Gasteiger partial charge in [0.15, 0.2) is 0 Å². The van der Waals surface area contributed by atoms with Crippen LogP contribution >= 0.6 is 11.3 Å². The van der Waals surface area contributed by atoms with Crippen LogP contribution in [0.3, 0.4) is 0 Å². The van der Waals surface area contributed by atoms with Crippen LogP contribution in [0.4, 0.5) is 0 Å². The molecule has 3 heterocycles. The maximum atomic E-state index is 12.5. The normalized spacial score (nSPS) is 18.4. The minimum Gasteiger partial charge on any atom is -0.342 e. The first-order valence-corrected chi connectivity index (χ1v) is 9.12. The molecule has 1 aliphatic rings. The molecular weight excluding hydrogens is 308 g/mol. The van der Waals surface area contributed by atoms with Crippen LogP contribution < -0.4 is 0 Å². The molecule has 0 unspecified atom stereocenters. The van der Waals surface area contributed by atoms with E-state index in [1.54, 1.807) is 11.3 Å². The van der Waals surface area contributed by atoms with Crippen LogP contribution in [0.15, 0.2) is 11.4 Å². The molecule has 23 heavy (non-hydrogen) atoms. The summed E-state index contributed by atoms with van der Waals surface area (Å²) in [5.41, 5.74) is 3.20. The van der Waals surface area contributed by atoms with Gasteiger partial charge in [-0.2, -0.15) is 5.10 Å². The van der Waals surface area contributed by atoms with Gasteiger partial charge in [0.2, 0.25) is 5.91 Å². The van der Waals surface area contributed by atoms with Gasteiger partial charge in [-0.3, -0.25) is 9.48 Å².